The molecule has 2 aromatic carbocycles. The maximum atomic E-state index is 13.2. The lowest BCUT2D eigenvalue weighted by molar-refractivity contribution is -0.132. The minimum Gasteiger partial charge on any atom is -0.507 e. The third-order valence-electron chi connectivity index (χ3n) is 5.37. The lowest BCUT2D eigenvalue weighted by Gasteiger charge is -2.24. The smallest absolute Gasteiger partial charge is 0.301 e. The van der Waals surface area contributed by atoms with E-state index < -0.39 is 17.7 Å². The number of hydrogen-bond donors (Lipinski definition) is 1. The summed E-state index contributed by atoms with van der Waals surface area (Å²) in [5, 5.41) is 13.3. The van der Waals surface area contributed by atoms with Gasteiger partial charge in [0.2, 0.25) is 0 Å². The summed E-state index contributed by atoms with van der Waals surface area (Å²) in [5.41, 5.74) is 0.894. The van der Waals surface area contributed by atoms with E-state index in [-0.39, 0.29) is 17.9 Å². The number of amides is 1. The van der Waals surface area contributed by atoms with Crippen LogP contribution in [0.5, 0.6) is 17.2 Å². The van der Waals surface area contributed by atoms with E-state index in [9.17, 15) is 14.7 Å². The van der Waals surface area contributed by atoms with E-state index in [0.717, 1.165) is 0 Å². The van der Waals surface area contributed by atoms with Gasteiger partial charge in [0.05, 0.1) is 25.3 Å². The van der Waals surface area contributed by atoms with E-state index >= 15 is 0 Å². The SMILES string of the molecule is C=CCOc1ccc(C2/C(=C(\O)c3ccc(OC)cc3)C(=O)C(=O)N2c2nccs2)cc1OCC. The van der Waals surface area contributed by atoms with Gasteiger partial charge in [-0.15, -0.1) is 11.3 Å². The zero-order valence-corrected chi connectivity index (χ0v) is 20.1. The highest BCUT2D eigenvalue weighted by atomic mass is 32.1. The highest BCUT2D eigenvalue weighted by molar-refractivity contribution is 7.14. The lowest BCUT2D eigenvalue weighted by Crippen LogP contribution is -2.29. The third kappa shape index (κ3) is 4.63. The largest absolute Gasteiger partial charge is 0.507 e. The van der Waals surface area contributed by atoms with Crippen LogP contribution in [-0.2, 0) is 9.59 Å². The van der Waals surface area contributed by atoms with Crippen molar-refractivity contribution in [1.29, 1.82) is 0 Å². The van der Waals surface area contributed by atoms with Gasteiger partial charge in [-0.1, -0.05) is 18.7 Å². The molecule has 1 aliphatic rings. The molecule has 1 aliphatic heterocycles. The van der Waals surface area contributed by atoms with Crippen LogP contribution in [0.15, 0.2) is 72.3 Å². The Kier molecular flexibility index (Phi) is 7.17. The predicted molar refractivity (Wildman–Crippen MR) is 133 cm³/mol. The van der Waals surface area contributed by atoms with Gasteiger partial charge in [0.1, 0.15) is 18.1 Å². The number of Topliss-reactive ketones (excluding diaryl/α,β-unsaturated/α-hetero) is 1. The van der Waals surface area contributed by atoms with Crippen LogP contribution in [0, 0.1) is 0 Å². The van der Waals surface area contributed by atoms with Gasteiger partial charge in [-0.2, -0.15) is 0 Å². The van der Waals surface area contributed by atoms with Crippen LogP contribution in [0.2, 0.25) is 0 Å². The van der Waals surface area contributed by atoms with Crippen LogP contribution < -0.4 is 19.1 Å². The molecule has 1 aromatic heterocycles. The maximum absolute atomic E-state index is 13.2. The molecule has 0 radical (unpaired) electrons. The number of methoxy groups -OCH3 is 1. The Labute approximate surface area is 206 Å². The minimum absolute atomic E-state index is 0.0439. The highest BCUT2D eigenvalue weighted by Gasteiger charge is 2.48. The van der Waals surface area contributed by atoms with Gasteiger partial charge in [-0.3, -0.25) is 14.5 Å². The van der Waals surface area contributed by atoms with E-state index in [0.29, 0.717) is 40.1 Å². The zero-order valence-electron chi connectivity index (χ0n) is 19.3. The van der Waals surface area contributed by atoms with Crippen molar-refractivity contribution in [3.05, 3.63) is 83.4 Å². The molecule has 180 valence electrons. The van der Waals surface area contributed by atoms with Gasteiger partial charge < -0.3 is 19.3 Å². The zero-order chi connectivity index (χ0) is 24.9. The van der Waals surface area contributed by atoms with E-state index in [1.54, 1.807) is 60.1 Å². The minimum atomic E-state index is -0.920. The lowest BCUT2D eigenvalue weighted by atomic mass is 9.95. The second kappa shape index (κ2) is 10.4. The molecular weight excluding hydrogens is 468 g/mol. The molecule has 0 spiro atoms. The van der Waals surface area contributed by atoms with Crippen LogP contribution >= 0.6 is 11.3 Å². The van der Waals surface area contributed by atoms with Crippen molar-refractivity contribution in [2.24, 2.45) is 0 Å². The Morgan fingerprint density at radius 2 is 1.94 bits per heavy atom. The van der Waals surface area contributed by atoms with Crippen molar-refractivity contribution >= 4 is 33.9 Å². The summed E-state index contributed by atoms with van der Waals surface area (Å²) in [4.78, 5) is 31.9. The quantitative estimate of drug-likeness (QED) is 0.199. The van der Waals surface area contributed by atoms with Gasteiger partial charge in [0.15, 0.2) is 16.6 Å². The van der Waals surface area contributed by atoms with Crippen LogP contribution in [0.25, 0.3) is 5.76 Å². The summed E-state index contributed by atoms with van der Waals surface area (Å²) in [6, 6.07) is 10.8. The Morgan fingerprint density at radius 1 is 1.17 bits per heavy atom. The topological polar surface area (TPSA) is 98.2 Å². The van der Waals surface area contributed by atoms with Crippen molar-refractivity contribution in [1.82, 2.24) is 4.98 Å². The van der Waals surface area contributed by atoms with Gasteiger partial charge >= 0.3 is 5.91 Å². The molecule has 3 aromatic rings. The van der Waals surface area contributed by atoms with Crippen LogP contribution in [0.1, 0.15) is 24.1 Å². The highest BCUT2D eigenvalue weighted by Crippen LogP contribution is 2.44. The molecule has 35 heavy (non-hydrogen) atoms. The molecule has 1 unspecified atom stereocenters. The molecule has 1 atom stereocenters. The molecule has 8 nitrogen and oxygen atoms in total. The van der Waals surface area contributed by atoms with E-state index in [1.807, 2.05) is 6.92 Å². The standard InChI is InChI=1S/C26H24N2O6S/c1-4-13-34-19-11-8-17(15-20(19)33-5-2)22-21(23(29)16-6-9-18(32-3)10-7-16)24(30)25(31)28(22)26-27-12-14-35-26/h4,6-12,14-15,22,29H,1,5,13H2,2-3H3/b23-21+. The number of rotatable bonds is 9. The number of aliphatic hydroxyl groups is 1. The van der Waals surface area contributed by atoms with Crippen LogP contribution in [0.4, 0.5) is 5.13 Å². The number of hydrogen-bond acceptors (Lipinski definition) is 8. The normalized spacial score (nSPS) is 16.9. The second-order valence-corrected chi connectivity index (χ2v) is 8.32. The third-order valence-corrected chi connectivity index (χ3v) is 6.14. The first-order valence-corrected chi connectivity index (χ1v) is 11.7. The number of carbonyl (C=O) groups excluding carboxylic acids is 2. The molecule has 0 aliphatic carbocycles. The average Bonchev–Trinajstić information content (AvgIpc) is 3.49. The Bertz CT molecular complexity index is 1270. The number of aromatic nitrogens is 1. The molecule has 2 heterocycles. The van der Waals surface area contributed by atoms with E-state index in [2.05, 4.69) is 11.6 Å². The van der Waals surface area contributed by atoms with Gasteiger partial charge in [-0.05, 0) is 48.9 Å². The maximum Gasteiger partial charge on any atom is 0.301 e. The van der Waals surface area contributed by atoms with E-state index in [1.165, 1.54) is 23.3 Å². The molecule has 1 amide bonds. The number of nitrogens with zero attached hydrogens (tertiary/aromatic N) is 2. The fraction of sp³-hybridized carbons (Fsp3) is 0.192. The number of ether oxygens (including phenoxy) is 3. The van der Waals surface area contributed by atoms with Crippen molar-refractivity contribution in [2.45, 2.75) is 13.0 Å². The van der Waals surface area contributed by atoms with Crippen LogP contribution in [-0.4, -0.2) is 42.1 Å². The monoisotopic (exact) mass is 492 g/mol. The summed E-state index contributed by atoms with van der Waals surface area (Å²) in [6.07, 6.45) is 3.17. The molecule has 0 bridgehead atoms. The summed E-state index contributed by atoms with van der Waals surface area (Å²) in [6.45, 7) is 6.17. The molecule has 1 N–H and O–H groups in total. The molecule has 1 fully saturated rings. The molecule has 9 heteroatoms. The predicted octanol–water partition coefficient (Wildman–Crippen LogP) is 4.74. The second-order valence-electron chi connectivity index (χ2n) is 7.45. The molecule has 1 saturated heterocycles. The van der Waals surface area contributed by atoms with E-state index in [4.69, 9.17) is 14.2 Å². The number of carbonyl (C=O) groups is 2. The summed E-state index contributed by atoms with van der Waals surface area (Å²) in [5.74, 6) is -0.330. The number of benzene rings is 2. The van der Waals surface area contributed by atoms with Gasteiger partial charge in [0, 0.05) is 17.1 Å². The van der Waals surface area contributed by atoms with Gasteiger partial charge in [0.25, 0.3) is 5.78 Å². The number of thiazole rings is 1. The fourth-order valence-corrected chi connectivity index (χ4v) is 4.48. The average molecular weight is 493 g/mol. The summed E-state index contributed by atoms with van der Waals surface area (Å²) in [7, 11) is 1.53. The van der Waals surface area contributed by atoms with Crippen molar-refractivity contribution in [2.75, 3.05) is 25.2 Å². The molecule has 0 saturated carbocycles. The summed E-state index contributed by atoms with van der Waals surface area (Å²) >= 11 is 1.22. The van der Waals surface area contributed by atoms with Crippen molar-refractivity contribution < 1.29 is 28.9 Å². The molecule has 4 rings (SSSR count). The Hall–Kier alpha value is -4.11. The van der Waals surface area contributed by atoms with Crippen molar-refractivity contribution in [3.63, 3.8) is 0 Å². The summed E-state index contributed by atoms with van der Waals surface area (Å²) < 4.78 is 16.6. The van der Waals surface area contributed by atoms with Gasteiger partial charge in [-0.25, -0.2) is 4.98 Å². The Morgan fingerprint density at radius 3 is 2.57 bits per heavy atom. The first kappa shape index (κ1) is 24.0. The first-order chi connectivity index (χ1) is 17.0. The fourth-order valence-electron chi connectivity index (χ4n) is 3.82. The van der Waals surface area contributed by atoms with Crippen LogP contribution in [0.3, 0.4) is 0 Å². The number of aliphatic hydroxyl groups excluding tert-OH is 1. The number of anilines is 1. The van der Waals surface area contributed by atoms with Crippen molar-refractivity contribution in [3.8, 4) is 17.2 Å². The number of ketones is 1. The molecular formula is C26H24N2O6S. The Balaban J connectivity index is 1.89. The first-order valence-electron chi connectivity index (χ1n) is 10.9.